The molecular weight excluding hydrogens is 562 g/mol. The first kappa shape index (κ1) is 29.3. The highest BCUT2D eigenvalue weighted by Crippen LogP contribution is 2.36. The van der Waals surface area contributed by atoms with E-state index in [1.54, 1.807) is 0 Å². The van der Waals surface area contributed by atoms with Crippen molar-refractivity contribution in [3.05, 3.63) is 126 Å². The molecule has 0 aliphatic heterocycles. The fourth-order valence-corrected chi connectivity index (χ4v) is 5.89. The summed E-state index contributed by atoms with van der Waals surface area (Å²) in [7, 11) is 0. The van der Waals surface area contributed by atoms with Crippen molar-refractivity contribution in [3.63, 3.8) is 0 Å². The molecule has 0 spiro atoms. The van der Waals surface area contributed by atoms with Crippen LogP contribution in [0.1, 0.15) is 51.3 Å². The standard InChI is InChI=1S/C42H37N3O/c1-27(2)7-9-29-10-21-35(22-11-29)45-38-23-8-28(3)25-36(38)37-26-33(18-24-39(37)45)30-12-14-31(15-13-30)40-43-44-41(46-40)32-16-19-34(20-17-32)42(4,5)6/h8,10-27H,1-6H3. The Bertz CT molecular complexity index is 2250. The van der Waals surface area contributed by atoms with Crippen LogP contribution in [0.25, 0.3) is 61.5 Å². The van der Waals surface area contributed by atoms with Crippen molar-refractivity contribution < 1.29 is 4.42 Å². The summed E-state index contributed by atoms with van der Waals surface area (Å²) in [4.78, 5) is 0. The normalized spacial score (nSPS) is 11.7. The van der Waals surface area contributed by atoms with Gasteiger partial charge in [-0.15, -0.1) is 10.2 Å². The quantitative estimate of drug-likeness (QED) is 0.189. The maximum Gasteiger partial charge on any atom is 0.248 e. The molecule has 0 atom stereocenters. The Morgan fingerprint density at radius 1 is 0.630 bits per heavy atom. The third-order valence-corrected chi connectivity index (χ3v) is 8.44. The Kier molecular flexibility index (Phi) is 7.34. The molecule has 0 aliphatic rings. The first-order valence-corrected chi connectivity index (χ1v) is 15.9. The van der Waals surface area contributed by atoms with Gasteiger partial charge in [-0.1, -0.05) is 88.4 Å². The van der Waals surface area contributed by atoms with E-state index in [1.807, 2.05) is 12.1 Å². The molecule has 46 heavy (non-hydrogen) atoms. The number of hydrogen-bond donors (Lipinski definition) is 0. The second-order valence-electron chi connectivity index (χ2n) is 13.4. The molecule has 226 valence electrons. The number of rotatable bonds is 4. The van der Waals surface area contributed by atoms with Crippen LogP contribution >= 0.6 is 0 Å². The van der Waals surface area contributed by atoms with Crippen LogP contribution in [0.2, 0.25) is 0 Å². The molecule has 7 rings (SSSR count). The van der Waals surface area contributed by atoms with Crippen molar-refractivity contribution >= 4 is 21.8 Å². The van der Waals surface area contributed by atoms with Crippen molar-refractivity contribution in [2.45, 2.75) is 47.0 Å². The molecule has 5 aromatic carbocycles. The second-order valence-corrected chi connectivity index (χ2v) is 13.4. The van der Waals surface area contributed by atoms with Gasteiger partial charge >= 0.3 is 0 Å². The maximum atomic E-state index is 6.09. The average molecular weight is 600 g/mol. The molecule has 4 nitrogen and oxygen atoms in total. The van der Waals surface area contributed by atoms with Gasteiger partial charge in [-0.2, -0.15) is 0 Å². The van der Waals surface area contributed by atoms with Crippen LogP contribution in [0.4, 0.5) is 0 Å². The van der Waals surface area contributed by atoms with Gasteiger partial charge in [0.05, 0.1) is 11.0 Å². The third kappa shape index (κ3) is 5.61. The van der Waals surface area contributed by atoms with Gasteiger partial charge < -0.3 is 8.98 Å². The predicted molar refractivity (Wildman–Crippen MR) is 190 cm³/mol. The lowest BCUT2D eigenvalue weighted by Crippen LogP contribution is -2.10. The van der Waals surface area contributed by atoms with E-state index in [9.17, 15) is 0 Å². The second kappa shape index (κ2) is 11.5. The Morgan fingerprint density at radius 3 is 1.78 bits per heavy atom. The lowest BCUT2D eigenvalue weighted by molar-refractivity contribution is 0.582. The molecule has 7 aromatic rings. The minimum absolute atomic E-state index is 0.0932. The Balaban J connectivity index is 1.21. The van der Waals surface area contributed by atoms with E-state index in [2.05, 4.69) is 165 Å². The molecule has 0 radical (unpaired) electrons. The van der Waals surface area contributed by atoms with Crippen LogP contribution in [0.15, 0.2) is 114 Å². The zero-order valence-electron chi connectivity index (χ0n) is 27.2. The van der Waals surface area contributed by atoms with E-state index < -0.39 is 0 Å². The Morgan fingerprint density at radius 2 is 1.17 bits per heavy atom. The van der Waals surface area contributed by atoms with Gasteiger partial charge in [0, 0.05) is 39.1 Å². The first-order valence-electron chi connectivity index (χ1n) is 15.9. The van der Waals surface area contributed by atoms with Crippen LogP contribution in [0.5, 0.6) is 0 Å². The molecule has 4 heteroatoms. The highest BCUT2D eigenvalue weighted by molar-refractivity contribution is 6.10. The third-order valence-electron chi connectivity index (χ3n) is 8.44. The van der Waals surface area contributed by atoms with Gasteiger partial charge in [-0.3, -0.25) is 0 Å². The van der Waals surface area contributed by atoms with E-state index in [0.717, 1.165) is 33.5 Å². The molecule has 0 unspecified atom stereocenters. The smallest absolute Gasteiger partial charge is 0.248 e. The topological polar surface area (TPSA) is 43.9 Å². The fourth-order valence-electron chi connectivity index (χ4n) is 5.89. The van der Waals surface area contributed by atoms with E-state index in [4.69, 9.17) is 4.42 Å². The molecule has 2 aromatic heterocycles. The van der Waals surface area contributed by atoms with Crippen LogP contribution < -0.4 is 0 Å². The maximum absolute atomic E-state index is 6.09. The minimum atomic E-state index is 0.0932. The summed E-state index contributed by atoms with van der Waals surface area (Å²) >= 11 is 0. The van der Waals surface area contributed by atoms with E-state index in [1.165, 1.54) is 32.9 Å². The summed E-state index contributed by atoms with van der Waals surface area (Å²) in [5.74, 6) is 7.92. The molecule has 0 amide bonds. The molecule has 2 heterocycles. The zero-order chi connectivity index (χ0) is 32.0. The SMILES string of the molecule is Cc1ccc2c(c1)c1cc(-c3ccc(-c4nnc(-c5ccc(C(C)(C)C)cc5)o4)cc3)ccc1n2-c1ccc(C#CC(C)C)cc1. The molecule has 0 N–H and O–H groups in total. The molecule has 0 aliphatic carbocycles. The van der Waals surface area contributed by atoms with Crippen molar-refractivity contribution in [2.24, 2.45) is 5.92 Å². The molecule has 0 fully saturated rings. The summed E-state index contributed by atoms with van der Waals surface area (Å²) in [6.07, 6.45) is 0. The number of aromatic nitrogens is 3. The van der Waals surface area contributed by atoms with Crippen molar-refractivity contribution in [1.29, 1.82) is 0 Å². The van der Waals surface area contributed by atoms with Crippen molar-refractivity contribution in [1.82, 2.24) is 14.8 Å². The molecular formula is C42H37N3O. The van der Waals surface area contributed by atoms with Gasteiger partial charge in [0.2, 0.25) is 11.8 Å². The summed E-state index contributed by atoms with van der Waals surface area (Å²) in [5, 5.41) is 11.1. The lowest BCUT2D eigenvalue weighted by atomic mass is 9.87. The monoisotopic (exact) mass is 599 g/mol. The molecule has 0 bridgehead atoms. The molecule has 0 saturated carbocycles. The van der Waals surface area contributed by atoms with E-state index in [-0.39, 0.29) is 5.41 Å². The molecule has 0 saturated heterocycles. The largest absolute Gasteiger partial charge is 0.416 e. The number of fused-ring (bicyclic) bond motifs is 3. The Hall–Kier alpha value is -5.40. The van der Waals surface area contributed by atoms with Gasteiger partial charge in [0.1, 0.15) is 0 Å². The van der Waals surface area contributed by atoms with Crippen molar-refractivity contribution in [3.8, 4) is 51.6 Å². The number of hydrogen-bond acceptors (Lipinski definition) is 3. The predicted octanol–water partition coefficient (Wildman–Crippen LogP) is 10.8. The van der Waals surface area contributed by atoms with Crippen LogP contribution in [-0.2, 0) is 5.41 Å². The number of aryl methyl sites for hydroxylation is 1. The lowest BCUT2D eigenvalue weighted by Gasteiger charge is -2.18. The highest BCUT2D eigenvalue weighted by atomic mass is 16.4. The van der Waals surface area contributed by atoms with E-state index >= 15 is 0 Å². The fraction of sp³-hybridized carbons (Fsp3) is 0.190. The van der Waals surface area contributed by atoms with Gasteiger partial charge in [-0.25, -0.2) is 0 Å². The van der Waals surface area contributed by atoms with Gasteiger partial charge in [-0.05, 0) is 102 Å². The highest BCUT2D eigenvalue weighted by Gasteiger charge is 2.17. The summed E-state index contributed by atoms with van der Waals surface area (Å²) < 4.78 is 8.44. The summed E-state index contributed by atoms with van der Waals surface area (Å²) in [6.45, 7) is 13.0. The van der Waals surface area contributed by atoms with Crippen molar-refractivity contribution in [2.75, 3.05) is 0 Å². The van der Waals surface area contributed by atoms with Gasteiger partial charge in [0.25, 0.3) is 0 Å². The summed E-state index contributed by atoms with van der Waals surface area (Å²) in [5.41, 5.74) is 11.2. The number of nitrogens with zero attached hydrogens (tertiary/aromatic N) is 3. The Labute approximate surface area is 270 Å². The minimum Gasteiger partial charge on any atom is -0.416 e. The van der Waals surface area contributed by atoms with Crippen LogP contribution in [-0.4, -0.2) is 14.8 Å². The first-order chi connectivity index (χ1) is 22.1. The van der Waals surface area contributed by atoms with Crippen LogP contribution in [0, 0.1) is 24.7 Å². The zero-order valence-corrected chi connectivity index (χ0v) is 27.2. The average Bonchev–Trinajstić information content (AvgIpc) is 3.67. The van der Waals surface area contributed by atoms with Crippen LogP contribution in [0.3, 0.4) is 0 Å². The van der Waals surface area contributed by atoms with Gasteiger partial charge in [0.15, 0.2) is 0 Å². The summed E-state index contributed by atoms with van der Waals surface area (Å²) in [6, 6.07) is 38.7. The van der Waals surface area contributed by atoms with E-state index in [0.29, 0.717) is 17.7 Å². The number of benzene rings is 5.